The minimum atomic E-state index is -0.557. The lowest BCUT2D eigenvalue weighted by Gasteiger charge is -2.17. The molecule has 2 rings (SSSR count). The molecule has 83 heavy (non-hydrogen) atoms. The van der Waals surface area contributed by atoms with E-state index in [-0.39, 0.29) is 233 Å². The Morgan fingerprint density at radius 2 is 0.651 bits per heavy atom. The first kappa shape index (κ1) is 72.7. The van der Waals surface area contributed by atoms with Gasteiger partial charge >= 0.3 is 0 Å². The molecule has 30 nitrogen and oxygen atoms in total. The zero-order valence-corrected chi connectivity index (χ0v) is 47.7. The second-order valence-electron chi connectivity index (χ2n) is 17.0. The minimum absolute atomic E-state index is 0.137. The fourth-order valence-electron chi connectivity index (χ4n) is 6.37. The Balaban J connectivity index is 1.25. The van der Waals surface area contributed by atoms with E-state index in [9.17, 15) is 33.6 Å². The van der Waals surface area contributed by atoms with Crippen molar-refractivity contribution in [1.29, 1.82) is 0 Å². The third-order valence-electron chi connectivity index (χ3n) is 10.4. The summed E-state index contributed by atoms with van der Waals surface area (Å²) >= 11 is 0. The van der Waals surface area contributed by atoms with Crippen LogP contribution in [0, 0.1) is 0 Å². The highest BCUT2D eigenvalue weighted by molar-refractivity contribution is 5.79. The highest BCUT2D eigenvalue weighted by Gasteiger charge is 2.16. The molecule has 0 fully saturated rings. The van der Waals surface area contributed by atoms with Gasteiger partial charge in [-0.05, 0) is 29.8 Å². The van der Waals surface area contributed by atoms with E-state index in [4.69, 9.17) is 82.5 Å². The van der Waals surface area contributed by atoms with Crippen LogP contribution in [0.3, 0.4) is 0 Å². The lowest BCUT2D eigenvalue weighted by Crippen LogP contribution is -2.33. The van der Waals surface area contributed by atoms with Crippen molar-refractivity contribution in [3.63, 3.8) is 0 Å². The van der Waals surface area contributed by atoms with Gasteiger partial charge in [-0.25, -0.2) is 0 Å². The molecule has 0 aliphatic rings. The number of hydrogen-bond donors (Lipinski definition) is 8. The van der Waals surface area contributed by atoms with Crippen molar-refractivity contribution in [3.05, 3.63) is 53.6 Å². The lowest BCUT2D eigenvalue weighted by molar-refractivity contribution is -0.128. The standard InChI is InChI=1S/C53H86N8O22/c1-69-43-7-8-44(45(33-43)70-2)53(55)41-3-5-42(6-4-41)83-40-52(68)61-14-20-76-26-32-82-39-51(67)60-13-19-75-25-31-81-38-50(66)59-12-18-74-24-30-80-37-49(65)58-11-17-73-23-29-79-36-48(64)57-10-16-72-22-28-78-35-47(63)56-9-15-71-21-27-77-34-46(54)62/h3-8,33,53H,9-32,34-40,55H2,1-2H3,(H2,54,62)(H,56,63)(H,57,64)(H,58,65)(H,59,66)(H,60,67)(H,61,68). The summed E-state index contributed by atoms with van der Waals surface area (Å²) in [6.07, 6.45) is 0. The van der Waals surface area contributed by atoms with Gasteiger partial charge in [0.05, 0.1) is 139 Å². The molecule has 0 saturated carbocycles. The number of nitrogens with two attached hydrogens (primary N) is 2. The Morgan fingerprint density at radius 3 is 0.952 bits per heavy atom. The quantitative estimate of drug-likeness (QED) is 0.0298. The van der Waals surface area contributed by atoms with Crippen LogP contribution >= 0.6 is 0 Å². The fraction of sp³-hybridized carbons (Fsp3) is 0.642. The van der Waals surface area contributed by atoms with E-state index in [1.807, 2.05) is 24.3 Å². The first-order valence-corrected chi connectivity index (χ1v) is 26.9. The molecular weight excluding hydrogens is 1100 g/mol. The topological polar surface area (TPSA) is 382 Å². The van der Waals surface area contributed by atoms with Crippen LogP contribution in [0.4, 0.5) is 0 Å². The normalized spacial score (nSPS) is 11.3. The Labute approximate surface area is 483 Å². The van der Waals surface area contributed by atoms with Gasteiger partial charge in [0.25, 0.3) is 5.91 Å². The van der Waals surface area contributed by atoms with E-state index in [1.54, 1.807) is 32.4 Å². The molecule has 1 atom stereocenters. The molecule has 0 radical (unpaired) electrons. The van der Waals surface area contributed by atoms with Crippen LogP contribution < -0.4 is 57.6 Å². The fourth-order valence-corrected chi connectivity index (χ4v) is 6.37. The minimum Gasteiger partial charge on any atom is -0.497 e. The van der Waals surface area contributed by atoms with Gasteiger partial charge in [-0.3, -0.25) is 33.6 Å². The number of ether oxygens (including phenoxy) is 15. The molecule has 0 aliphatic heterocycles. The number of methoxy groups -OCH3 is 2. The summed E-state index contributed by atoms with van der Waals surface area (Å²) in [5.74, 6) is -0.683. The molecule has 0 aromatic heterocycles. The van der Waals surface area contributed by atoms with Gasteiger partial charge in [0, 0.05) is 50.9 Å². The van der Waals surface area contributed by atoms with Gasteiger partial charge in [0.15, 0.2) is 6.61 Å². The smallest absolute Gasteiger partial charge is 0.258 e. The number of amides is 7. The van der Waals surface area contributed by atoms with Crippen LogP contribution in [0.5, 0.6) is 17.2 Å². The average Bonchev–Trinajstić information content (AvgIpc) is 3.57. The maximum absolute atomic E-state index is 12.2. The van der Waals surface area contributed by atoms with E-state index < -0.39 is 11.9 Å². The van der Waals surface area contributed by atoms with Crippen molar-refractivity contribution in [2.45, 2.75) is 6.04 Å². The van der Waals surface area contributed by atoms with Gasteiger partial charge in [-0.1, -0.05) is 12.1 Å². The first-order chi connectivity index (χ1) is 40.4. The number of rotatable bonds is 55. The predicted molar refractivity (Wildman–Crippen MR) is 295 cm³/mol. The first-order valence-electron chi connectivity index (χ1n) is 26.9. The molecule has 2 aromatic carbocycles. The Kier molecular flexibility index (Phi) is 43.9. The van der Waals surface area contributed by atoms with Crippen molar-refractivity contribution < 1.29 is 105 Å². The third kappa shape index (κ3) is 41.3. The molecule has 7 amide bonds. The molecule has 1 unspecified atom stereocenters. The summed E-state index contributed by atoms with van der Waals surface area (Å²) in [6.45, 7) is 4.48. The van der Waals surface area contributed by atoms with E-state index in [0.717, 1.165) is 11.1 Å². The number of carbonyl (C=O) groups excluding carboxylic acids is 7. The van der Waals surface area contributed by atoms with Gasteiger partial charge < -0.3 is 114 Å². The highest BCUT2D eigenvalue weighted by Crippen LogP contribution is 2.32. The molecule has 0 aliphatic carbocycles. The van der Waals surface area contributed by atoms with Crippen LogP contribution in [0.15, 0.2) is 42.5 Å². The van der Waals surface area contributed by atoms with Crippen LogP contribution in [0.25, 0.3) is 0 Å². The van der Waals surface area contributed by atoms with Gasteiger partial charge in [-0.15, -0.1) is 0 Å². The Bertz CT molecular complexity index is 2080. The van der Waals surface area contributed by atoms with Crippen molar-refractivity contribution >= 4 is 41.4 Å². The van der Waals surface area contributed by atoms with Crippen LogP contribution in [0.1, 0.15) is 17.2 Å². The van der Waals surface area contributed by atoms with Crippen LogP contribution in [-0.2, 0) is 90.4 Å². The van der Waals surface area contributed by atoms with E-state index >= 15 is 0 Å². The summed E-state index contributed by atoms with van der Waals surface area (Å²) in [5, 5.41) is 16.0. The van der Waals surface area contributed by atoms with Crippen molar-refractivity contribution in [2.24, 2.45) is 11.5 Å². The summed E-state index contributed by atoms with van der Waals surface area (Å²) in [4.78, 5) is 82.3. The maximum Gasteiger partial charge on any atom is 0.258 e. The molecule has 30 heteroatoms. The summed E-state index contributed by atoms with van der Waals surface area (Å²) in [5.41, 5.74) is 13.1. The van der Waals surface area contributed by atoms with Crippen LogP contribution in [-0.4, -0.2) is 260 Å². The summed E-state index contributed by atoms with van der Waals surface area (Å²) in [7, 11) is 3.15. The SMILES string of the molecule is COc1ccc(C(N)c2ccc(OCC(=O)NCCOCCOCC(=O)NCCOCCOCC(=O)NCCOCCOCC(=O)NCCOCCOCC(=O)NCCOCCOCC(=O)NCCOCCOCC(N)=O)cc2)c(OC)c1. The average molecular weight is 1190 g/mol. The Hall–Kier alpha value is -6.39. The van der Waals surface area contributed by atoms with Crippen LogP contribution in [0.2, 0.25) is 0 Å². The number of primary amides is 1. The Morgan fingerprint density at radius 1 is 0.361 bits per heavy atom. The number of hydrogen-bond acceptors (Lipinski definition) is 23. The highest BCUT2D eigenvalue weighted by atomic mass is 16.6. The molecule has 2 aromatic rings. The monoisotopic (exact) mass is 1190 g/mol. The third-order valence-corrected chi connectivity index (χ3v) is 10.4. The van der Waals surface area contributed by atoms with Crippen molar-refractivity contribution in [1.82, 2.24) is 31.9 Å². The lowest BCUT2D eigenvalue weighted by atomic mass is 9.98. The second-order valence-corrected chi connectivity index (χ2v) is 17.0. The van der Waals surface area contributed by atoms with E-state index in [1.165, 1.54) is 0 Å². The van der Waals surface area contributed by atoms with Crippen molar-refractivity contribution in [3.8, 4) is 17.2 Å². The van der Waals surface area contributed by atoms with Crippen molar-refractivity contribution in [2.75, 3.05) is 219 Å². The number of nitrogens with one attached hydrogen (secondary N) is 6. The van der Waals surface area contributed by atoms with E-state index in [0.29, 0.717) is 23.8 Å². The predicted octanol–water partition coefficient (Wildman–Crippen LogP) is -3.49. The molecule has 0 spiro atoms. The molecule has 0 heterocycles. The zero-order valence-electron chi connectivity index (χ0n) is 47.7. The molecule has 10 N–H and O–H groups in total. The second kappa shape index (κ2) is 50.2. The van der Waals surface area contributed by atoms with Gasteiger partial charge in [0.2, 0.25) is 35.4 Å². The van der Waals surface area contributed by atoms with Gasteiger partial charge in [-0.2, -0.15) is 0 Å². The molecular formula is C53H86N8O22. The molecule has 470 valence electrons. The summed E-state index contributed by atoms with van der Waals surface area (Å²) in [6, 6.07) is 12.1. The zero-order chi connectivity index (χ0) is 60.2. The maximum atomic E-state index is 12.2. The van der Waals surface area contributed by atoms with Gasteiger partial charge in [0.1, 0.15) is 56.9 Å². The number of benzene rings is 2. The largest absolute Gasteiger partial charge is 0.497 e. The number of carbonyl (C=O) groups is 7. The summed E-state index contributed by atoms with van der Waals surface area (Å²) < 4.78 is 79.9. The molecule has 0 saturated heterocycles. The van der Waals surface area contributed by atoms with E-state index in [2.05, 4.69) is 31.9 Å². The molecule has 0 bridgehead atoms.